The zero-order valence-corrected chi connectivity index (χ0v) is 10.6. The van der Waals surface area contributed by atoms with Crippen molar-refractivity contribution >= 4 is 5.69 Å². The van der Waals surface area contributed by atoms with Crippen LogP contribution in [0.25, 0.3) is 0 Å². The summed E-state index contributed by atoms with van der Waals surface area (Å²) in [5.41, 5.74) is 0.681. The highest BCUT2D eigenvalue weighted by molar-refractivity contribution is 5.45. The molecule has 7 heteroatoms. The maximum absolute atomic E-state index is 12.4. The highest BCUT2D eigenvalue weighted by atomic mass is 19.4. The first-order chi connectivity index (χ1) is 8.87. The zero-order valence-electron chi connectivity index (χ0n) is 10.6. The molecule has 0 aliphatic heterocycles. The molecule has 0 amide bonds. The summed E-state index contributed by atoms with van der Waals surface area (Å²) in [6.45, 7) is 0.124. The Bertz CT molecular complexity index is 382. The van der Waals surface area contributed by atoms with Crippen molar-refractivity contribution in [1.82, 2.24) is 4.98 Å². The molecule has 19 heavy (non-hydrogen) atoms. The third kappa shape index (κ3) is 5.04. The van der Waals surface area contributed by atoms with Crippen molar-refractivity contribution in [1.29, 1.82) is 0 Å². The molecule has 0 saturated heterocycles. The van der Waals surface area contributed by atoms with Crippen molar-refractivity contribution in [3.63, 3.8) is 0 Å². The lowest BCUT2D eigenvalue weighted by atomic mass is 10.2. The number of aliphatic hydroxyl groups excluding tert-OH is 2. The number of nitrogens with zero attached hydrogens (tertiary/aromatic N) is 2. The minimum absolute atomic E-state index is 0.128. The van der Waals surface area contributed by atoms with Crippen LogP contribution >= 0.6 is 0 Å². The van der Waals surface area contributed by atoms with Crippen LogP contribution in [0.15, 0.2) is 18.3 Å². The number of hydrogen-bond donors (Lipinski definition) is 2. The number of aliphatic hydroxyl groups is 2. The van der Waals surface area contributed by atoms with Crippen molar-refractivity contribution in [2.75, 3.05) is 24.6 Å². The summed E-state index contributed by atoms with van der Waals surface area (Å²) in [6, 6.07) is 2.95. The molecule has 108 valence electrons. The van der Waals surface area contributed by atoms with Gasteiger partial charge in [0.25, 0.3) is 0 Å². The van der Waals surface area contributed by atoms with Crippen LogP contribution < -0.4 is 4.90 Å². The first-order valence-corrected chi connectivity index (χ1v) is 5.94. The first kappa shape index (κ1) is 15.7. The van der Waals surface area contributed by atoms with E-state index in [4.69, 9.17) is 5.11 Å². The number of rotatable bonds is 6. The fourth-order valence-corrected chi connectivity index (χ4v) is 1.63. The molecule has 0 aliphatic carbocycles. The van der Waals surface area contributed by atoms with Crippen molar-refractivity contribution in [2.45, 2.75) is 25.6 Å². The van der Waals surface area contributed by atoms with Crippen LogP contribution in [-0.4, -0.2) is 41.1 Å². The molecule has 0 aromatic carbocycles. The maximum Gasteiger partial charge on any atom is 0.405 e. The van der Waals surface area contributed by atoms with Gasteiger partial charge in [-0.05, 0) is 18.6 Å². The molecule has 1 atom stereocenters. The monoisotopic (exact) mass is 278 g/mol. The van der Waals surface area contributed by atoms with E-state index in [9.17, 15) is 18.3 Å². The second kappa shape index (κ2) is 6.72. The lowest BCUT2D eigenvalue weighted by Gasteiger charge is -2.25. The SMILES string of the molecule is CCC(O)c1ccc(N(CCO)CC(F)(F)F)cn1. The number of pyridine rings is 1. The van der Waals surface area contributed by atoms with Crippen LogP contribution in [0.1, 0.15) is 25.1 Å². The van der Waals surface area contributed by atoms with E-state index < -0.39 is 18.8 Å². The molecule has 2 N–H and O–H groups in total. The van der Waals surface area contributed by atoms with Gasteiger partial charge in [0.15, 0.2) is 0 Å². The van der Waals surface area contributed by atoms with Gasteiger partial charge >= 0.3 is 6.18 Å². The Balaban J connectivity index is 2.85. The maximum atomic E-state index is 12.4. The molecule has 1 heterocycles. The highest BCUT2D eigenvalue weighted by Gasteiger charge is 2.30. The van der Waals surface area contributed by atoms with Gasteiger partial charge in [-0.2, -0.15) is 13.2 Å². The molecule has 0 fully saturated rings. The highest BCUT2D eigenvalue weighted by Crippen LogP contribution is 2.23. The van der Waals surface area contributed by atoms with Gasteiger partial charge in [-0.1, -0.05) is 6.92 Å². The first-order valence-electron chi connectivity index (χ1n) is 5.94. The van der Waals surface area contributed by atoms with E-state index in [1.54, 1.807) is 6.92 Å². The quantitative estimate of drug-likeness (QED) is 0.834. The minimum atomic E-state index is -4.35. The third-order valence-corrected chi connectivity index (χ3v) is 2.60. The van der Waals surface area contributed by atoms with Crippen LogP contribution in [-0.2, 0) is 0 Å². The van der Waals surface area contributed by atoms with E-state index in [1.807, 2.05) is 0 Å². The Morgan fingerprint density at radius 1 is 1.37 bits per heavy atom. The van der Waals surface area contributed by atoms with Crippen molar-refractivity contribution in [2.24, 2.45) is 0 Å². The summed E-state index contributed by atoms with van der Waals surface area (Å²) in [5.74, 6) is 0. The number of aromatic nitrogens is 1. The third-order valence-electron chi connectivity index (χ3n) is 2.60. The van der Waals surface area contributed by atoms with Crippen LogP contribution in [0.5, 0.6) is 0 Å². The number of halogens is 3. The van der Waals surface area contributed by atoms with Gasteiger partial charge in [0.2, 0.25) is 0 Å². The van der Waals surface area contributed by atoms with Gasteiger partial charge in [-0.25, -0.2) is 0 Å². The van der Waals surface area contributed by atoms with E-state index >= 15 is 0 Å². The molecule has 4 nitrogen and oxygen atoms in total. The molecule has 0 radical (unpaired) electrons. The lowest BCUT2D eigenvalue weighted by Crippen LogP contribution is -2.36. The van der Waals surface area contributed by atoms with Gasteiger partial charge in [-0.3, -0.25) is 4.98 Å². The molecular weight excluding hydrogens is 261 g/mol. The molecule has 0 aliphatic rings. The number of alkyl halides is 3. The zero-order chi connectivity index (χ0) is 14.5. The molecule has 0 spiro atoms. The van der Waals surface area contributed by atoms with E-state index in [2.05, 4.69) is 4.98 Å². The molecule has 1 aromatic rings. The van der Waals surface area contributed by atoms with E-state index in [0.29, 0.717) is 12.1 Å². The number of anilines is 1. The Morgan fingerprint density at radius 3 is 2.47 bits per heavy atom. The van der Waals surface area contributed by atoms with E-state index in [0.717, 1.165) is 4.90 Å². The minimum Gasteiger partial charge on any atom is -0.395 e. The van der Waals surface area contributed by atoms with Crippen LogP contribution in [0, 0.1) is 0 Å². The van der Waals surface area contributed by atoms with Crippen molar-refractivity contribution in [3.05, 3.63) is 24.0 Å². The second-order valence-electron chi connectivity index (χ2n) is 4.13. The van der Waals surface area contributed by atoms with Gasteiger partial charge in [-0.15, -0.1) is 0 Å². The average molecular weight is 278 g/mol. The Hall–Kier alpha value is -1.34. The van der Waals surface area contributed by atoms with Gasteiger partial charge in [0.05, 0.1) is 30.3 Å². The standard InChI is InChI=1S/C12H17F3N2O2/c1-2-11(19)10-4-3-9(7-16-10)17(5-6-18)8-12(13,14)15/h3-4,7,11,18-19H,2,5-6,8H2,1H3. The summed E-state index contributed by atoms with van der Waals surface area (Å²) >= 11 is 0. The Kier molecular flexibility index (Phi) is 5.56. The lowest BCUT2D eigenvalue weighted by molar-refractivity contribution is -0.119. The van der Waals surface area contributed by atoms with E-state index in [-0.39, 0.29) is 18.8 Å². The number of hydrogen-bond acceptors (Lipinski definition) is 4. The predicted molar refractivity (Wildman–Crippen MR) is 64.8 cm³/mol. The summed E-state index contributed by atoms with van der Waals surface area (Å²) in [7, 11) is 0. The second-order valence-corrected chi connectivity index (χ2v) is 4.13. The molecule has 1 unspecified atom stereocenters. The molecule has 0 bridgehead atoms. The van der Waals surface area contributed by atoms with Gasteiger partial charge in [0.1, 0.15) is 6.54 Å². The smallest absolute Gasteiger partial charge is 0.395 e. The van der Waals surface area contributed by atoms with Gasteiger partial charge < -0.3 is 15.1 Å². The topological polar surface area (TPSA) is 56.6 Å². The van der Waals surface area contributed by atoms with Crippen molar-refractivity contribution in [3.8, 4) is 0 Å². The van der Waals surface area contributed by atoms with Crippen molar-refractivity contribution < 1.29 is 23.4 Å². The summed E-state index contributed by atoms with van der Waals surface area (Å²) < 4.78 is 37.2. The average Bonchev–Trinajstić information content (AvgIpc) is 2.36. The van der Waals surface area contributed by atoms with E-state index in [1.165, 1.54) is 18.3 Å². The molecule has 0 saturated carbocycles. The Morgan fingerprint density at radius 2 is 2.05 bits per heavy atom. The van der Waals surface area contributed by atoms with Crippen LogP contribution in [0.3, 0.4) is 0 Å². The summed E-state index contributed by atoms with van der Waals surface area (Å²) in [4.78, 5) is 4.94. The summed E-state index contributed by atoms with van der Waals surface area (Å²) in [6.07, 6.45) is -3.32. The van der Waals surface area contributed by atoms with Gasteiger partial charge in [0, 0.05) is 6.54 Å². The molecule has 1 rings (SSSR count). The Labute approximate surface area is 109 Å². The fraction of sp³-hybridized carbons (Fsp3) is 0.583. The van der Waals surface area contributed by atoms with Crippen LogP contribution in [0.4, 0.5) is 18.9 Å². The van der Waals surface area contributed by atoms with Crippen LogP contribution in [0.2, 0.25) is 0 Å². The molecular formula is C12H17F3N2O2. The largest absolute Gasteiger partial charge is 0.405 e. The predicted octanol–water partition coefficient (Wildman–Crippen LogP) is 1.89. The summed E-state index contributed by atoms with van der Waals surface area (Å²) in [5, 5.41) is 18.4. The molecule has 1 aromatic heterocycles. The normalized spacial score (nSPS) is 13.4. The fourth-order valence-electron chi connectivity index (χ4n) is 1.63.